The summed E-state index contributed by atoms with van der Waals surface area (Å²) in [6.45, 7) is 4.32. The van der Waals surface area contributed by atoms with Crippen LogP contribution in [0.3, 0.4) is 0 Å². The quantitative estimate of drug-likeness (QED) is 0.587. The maximum absolute atomic E-state index is 6.29. The van der Waals surface area contributed by atoms with Crippen molar-refractivity contribution in [1.29, 1.82) is 0 Å². The summed E-state index contributed by atoms with van der Waals surface area (Å²) in [5, 5.41) is 0. The van der Waals surface area contributed by atoms with Crippen molar-refractivity contribution in [2.45, 2.75) is 89.8 Å². The van der Waals surface area contributed by atoms with Gasteiger partial charge in [0.1, 0.15) is 5.75 Å². The van der Waals surface area contributed by atoms with E-state index in [1.807, 2.05) is 0 Å². The number of hydrogen-bond donors (Lipinski definition) is 0. The molecule has 2 saturated carbocycles. The zero-order chi connectivity index (χ0) is 19.9. The van der Waals surface area contributed by atoms with Crippen molar-refractivity contribution in [3.05, 3.63) is 29.3 Å². The van der Waals surface area contributed by atoms with Gasteiger partial charge in [0.25, 0.3) is 0 Å². The fourth-order valence-corrected chi connectivity index (χ4v) is 7.66. The van der Waals surface area contributed by atoms with Crippen molar-refractivity contribution in [2.75, 3.05) is 20.3 Å². The minimum atomic E-state index is 0.0392. The van der Waals surface area contributed by atoms with E-state index < -0.39 is 0 Å². The van der Waals surface area contributed by atoms with Crippen molar-refractivity contribution in [3.8, 4) is 5.75 Å². The highest BCUT2D eigenvalue weighted by Crippen LogP contribution is 2.68. The number of hydrogen-bond acceptors (Lipinski definition) is 3. The Morgan fingerprint density at radius 2 is 2.00 bits per heavy atom. The first-order valence-corrected chi connectivity index (χ1v) is 12.0. The van der Waals surface area contributed by atoms with E-state index in [2.05, 4.69) is 25.1 Å². The molecule has 1 heterocycles. The summed E-state index contributed by atoms with van der Waals surface area (Å²) in [5.74, 6) is 2.54. The molecule has 1 saturated heterocycles. The summed E-state index contributed by atoms with van der Waals surface area (Å²) >= 11 is 0. The summed E-state index contributed by atoms with van der Waals surface area (Å²) in [6, 6.07) is 6.87. The maximum atomic E-state index is 6.29. The lowest BCUT2D eigenvalue weighted by atomic mass is 9.46. The third kappa shape index (κ3) is 3.43. The van der Waals surface area contributed by atoms with Crippen molar-refractivity contribution in [3.63, 3.8) is 0 Å². The van der Waals surface area contributed by atoms with E-state index >= 15 is 0 Å². The van der Waals surface area contributed by atoms with Crippen LogP contribution < -0.4 is 4.74 Å². The van der Waals surface area contributed by atoms with Crippen molar-refractivity contribution >= 4 is 0 Å². The molecule has 1 unspecified atom stereocenters. The van der Waals surface area contributed by atoms with E-state index in [-0.39, 0.29) is 6.29 Å². The molecule has 0 amide bonds. The Morgan fingerprint density at radius 1 is 1.07 bits per heavy atom. The van der Waals surface area contributed by atoms with Crippen LogP contribution >= 0.6 is 0 Å². The molecule has 3 fully saturated rings. The van der Waals surface area contributed by atoms with E-state index in [9.17, 15) is 0 Å². The molecule has 5 atom stereocenters. The van der Waals surface area contributed by atoms with Crippen LogP contribution in [0.1, 0.15) is 88.2 Å². The summed E-state index contributed by atoms with van der Waals surface area (Å²) in [5.41, 5.74) is 4.09. The summed E-state index contributed by atoms with van der Waals surface area (Å²) in [7, 11) is 1.78. The van der Waals surface area contributed by atoms with Crippen LogP contribution in [0.25, 0.3) is 0 Å². The molecule has 0 spiro atoms. The van der Waals surface area contributed by atoms with E-state index in [0.29, 0.717) is 16.7 Å². The molecule has 0 radical (unpaired) electrons. The average molecular weight is 399 g/mol. The van der Waals surface area contributed by atoms with Gasteiger partial charge >= 0.3 is 0 Å². The molecule has 5 rings (SSSR count). The normalized spacial score (nSPS) is 38.8. The molecule has 0 N–H and O–H groups in total. The minimum absolute atomic E-state index is 0.0392. The number of fused-ring (bicyclic) bond motifs is 5. The number of methoxy groups -OCH3 is 1. The number of ether oxygens (including phenoxy) is 3. The van der Waals surface area contributed by atoms with E-state index in [4.69, 9.17) is 14.2 Å². The van der Waals surface area contributed by atoms with Gasteiger partial charge in [-0.2, -0.15) is 0 Å². The Bertz CT molecular complexity index is 725. The summed E-state index contributed by atoms with van der Waals surface area (Å²) < 4.78 is 17.7. The molecule has 160 valence electrons. The Hall–Kier alpha value is -1.06. The van der Waals surface area contributed by atoms with Gasteiger partial charge in [-0.15, -0.1) is 0 Å². The monoisotopic (exact) mass is 398 g/mol. The molecule has 1 aromatic carbocycles. The molecular formula is C26H38O3. The predicted molar refractivity (Wildman–Crippen MR) is 115 cm³/mol. The fraction of sp³-hybridized carbons (Fsp3) is 0.769. The Labute approximate surface area is 176 Å². The second kappa shape index (κ2) is 7.89. The number of aryl methyl sites for hydroxylation is 1. The fourth-order valence-electron chi connectivity index (χ4n) is 7.66. The predicted octanol–water partition coefficient (Wildman–Crippen LogP) is 6.24. The van der Waals surface area contributed by atoms with E-state index in [1.165, 1.54) is 69.8 Å². The lowest BCUT2D eigenvalue weighted by Crippen LogP contribution is -2.49. The second-order valence-corrected chi connectivity index (χ2v) is 10.4. The van der Waals surface area contributed by atoms with Crippen LogP contribution in [-0.4, -0.2) is 26.6 Å². The lowest BCUT2D eigenvalue weighted by Gasteiger charge is -2.58. The van der Waals surface area contributed by atoms with Gasteiger partial charge in [-0.3, -0.25) is 0 Å². The summed E-state index contributed by atoms with van der Waals surface area (Å²) in [6.07, 6.45) is 14.2. The zero-order valence-corrected chi connectivity index (χ0v) is 18.4. The van der Waals surface area contributed by atoms with Gasteiger partial charge in [0.2, 0.25) is 0 Å². The van der Waals surface area contributed by atoms with Crippen LogP contribution in [0.4, 0.5) is 0 Å². The third-order valence-corrected chi connectivity index (χ3v) is 9.07. The van der Waals surface area contributed by atoms with Gasteiger partial charge in [0.15, 0.2) is 6.29 Å². The minimum Gasteiger partial charge on any atom is -0.497 e. The van der Waals surface area contributed by atoms with Crippen LogP contribution in [0, 0.1) is 16.7 Å². The Morgan fingerprint density at radius 3 is 2.83 bits per heavy atom. The average Bonchev–Trinajstić information content (AvgIpc) is 3.16. The van der Waals surface area contributed by atoms with Crippen LogP contribution in [-0.2, 0) is 15.9 Å². The smallest absolute Gasteiger partial charge is 0.157 e. The lowest BCUT2D eigenvalue weighted by molar-refractivity contribution is -0.172. The van der Waals surface area contributed by atoms with Gasteiger partial charge in [-0.05, 0) is 110 Å². The van der Waals surface area contributed by atoms with E-state index in [0.717, 1.165) is 31.3 Å². The zero-order valence-electron chi connectivity index (χ0n) is 18.4. The molecule has 4 aliphatic rings. The Kier molecular flexibility index (Phi) is 5.41. The Balaban J connectivity index is 1.42. The third-order valence-electron chi connectivity index (χ3n) is 9.07. The van der Waals surface area contributed by atoms with Gasteiger partial charge in [-0.25, -0.2) is 0 Å². The van der Waals surface area contributed by atoms with Crippen molar-refractivity contribution < 1.29 is 14.2 Å². The largest absolute Gasteiger partial charge is 0.497 e. The molecule has 1 aliphatic heterocycles. The molecule has 3 aliphatic carbocycles. The highest BCUT2D eigenvalue weighted by atomic mass is 16.7. The maximum Gasteiger partial charge on any atom is 0.157 e. The topological polar surface area (TPSA) is 27.7 Å². The highest BCUT2D eigenvalue weighted by Gasteiger charge is 2.58. The van der Waals surface area contributed by atoms with Gasteiger partial charge in [0, 0.05) is 6.61 Å². The summed E-state index contributed by atoms with van der Waals surface area (Å²) in [4.78, 5) is 0. The van der Waals surface area contributed by atoms with Crippen LogP contribution in [0.5, 0.6) is 5.75 Å². The number of benzene rings is 1. The first kappa shape index (κ1) is 19.9. The number of rotatable bonds is 5. The van der Waals surface area contributed by atoms with Crippen molar-refractivity contribution in [1.82, 2.24) is 0 Å². The van der Waals surface area contributed by atoms with Gasteiger partial charge in [-0.1, -0.05) is 19.4 Å². The first-order valence-electron chi connectivity index (χ1n) is 12.0. The molecular weight excluding hydrogens is 360 g/mol. The SMILES string of the molecule is COc1ccc2c(c1)CC[C@]1(CCOC3CCCCO3)[C@@H]2CC[C@]2(C)CCC[C@H]21. The second-order valence-electron chi connectivity index (χ2n) is 10.4. The van der Waals surface area contributed by atoms with E-state index in [1.54, 1.807) is 12.7 Å². The highest BCUT2D eigenvalue weighted by molar-refractivity contribution is 5.42. The van der Waals surface area contributed by atoms with Gasteiger partial charge < -0.3 is 14.2 Å². The van der Waals surface area contributed by atoms with Crippen molar-refractivity contribution in [2.24, 2.45) is 16.7 Å². The van der Waals surface area contributed by atoms with Crippen LogP contribution in [0.15, 0.2) is 18.2 Å². The molecule has 29 heavy (non-hydrogen) atoms. The standard InChI is InChI=1S/C26H38O3/c1-25-12-5-6-23(25)26(15-17-29-24-7-3-4-16-28-24)14-10-19-18-20(27-2)8-9-21(19)22(26)11-13-25/h8-9,18,22-24H,3-7,10-17H2,1-2H3/t22-,23-,24?,25+,26+/m1/s1. The molecule has 3 nitrogen and oxygen atoms in total. The molecule has 3 heteroatoms. The molecule has 0 aromatic heterocycles. The van der Waals surface area contributed by atoms with Gasteiger partial charge in [0.05, 0.1) is 13.7 Å². The molecule has 1 aromatic rings. The van der Waals surface area contributed by atoms with Crippen LogP contribution in [0.2, 0.25) is 0 Å². The molecule has 0 bridgehead atoms. The first-order chi connectivity index (χ1) is 14.1.